The molecule has 1 aromatic carbocycles. The highest BCUT2D eigenvalue weighted by molar-refractivity contribution is 5.95. The fourth-order valence-corrected chi connectivity index (χ4v) is 2.81. The highest BCUT2D eigenvalue weighted by Crippen LogP contribution is 2.28. The second-order valence-electron chi connectivity index (χ2n) is 6.00. The lowest BCUT2D eigenvalue weighted by atomic mass is 9.96. The number of hydrogen-bond donors (Lipinski definition) is 2. The van der Waals surface area contributed by atoms with Crippen molar-refractivity contribution in [3.8, 4) is 11.5 Å². The third-order valence-corrected chi connectivity index (χ3v) is 4.14. The van der Waals surface area contributed by atoms with E-state index in [4.69, 9.17) is 9.47 Å². The van der Waals surface area contributed by atoms with Gasteiger partial charge in [-0.3, -0.25) is 10.1 Å². The molecular weight excluding hydrogens is 340 g/mol. The van der Waals surface area contributed by atoms with E-state index in [2.05, 4.69) is 15.4 Å². The summed E-state index contributed by atoms with van der Waals surface area (Å²) >= 11 is 0. The van der Waals surface area contributed by atoms with Crippen LogP contribution in [0.1, 0.15) is 42.5 Å². The van der Waals surface area contributed by atoms with Gasteiger partial charge in [-0.1, -0.05) is 19.3 Å². The Bertz CT molecular complexity index is 655. The molecule has 26 heavy (non-hydrogen) atoms. The van der Waals surface area contributed by atoms with Crippen molar-refractivity contribution in [3.05, 3.63) is 23.8 Å². The zero-order valence-electron chi connectivity index (χ0n) is 15.0. The highest BCUT2D eigenvalue weighted by atomic mass is 16.5. The predicted molar refractivity (Wildman–Crippen MR) is 93.4 cm³/mol. The van der Waals surface area contributed by atoms with Gasteiger partial charge in [0.25, 0.3) is 5.91 Å². The Morgan fingerprint density at radius 1 is 1.08 bits per heavy atom. The van der Waals surface area contributed by atoms with Crippen LogP contribution >= 0.6 is 0 Å². The van der Waals surface area contributed by atoms with Crippen LogP contribution in [0.3, 0.4) is 0 Å². The molecule has 8 nitrogen and oxygen atoms in total. The molecule has 1 saturated carbocycles. The zero-order chi connectivity index (χ0) is 18.9. The van der Waals surface area contributed by atoms with Crippen LogP contribution in [0, 0.1) is 0 Å². The number of benzene rings is 1. The average molecular weight is 364 g/mol. The van der Waals surface area contributed by atoms with Crippen LogP contribution in [-0.4, -0.2) is 44.8 Å². The second-order valence-corrected chi connectivity index (χ2v) is 6.00. The molecule has 0 atom stereocenters. The van der Waals surface area contributed by atoms with Crippen LogP contribution < -0.4 is 20.1 Å². The summed E-state index contributed by atoms with van der Waals surface area (Å²) in [5, 5.41) is 5.04. The number of ether oxygens (including phenoxy) is 3. The predicted octanol–water partition coefficient (Wildman–Crippen LogP) is 2.02. The fourth-order valence-electron chi connectivity index (χ4n) is 2.81. The summed E-state index contributed by atoms with van der Waals surface area (Å²) in [6, 6.07) is 4.05. The van der Waals surface area contributed by atoms with Crippen molar-refractivity contribution in [2.24, 2.45) is 0 Å². The first kappa shape index (κ1) is 19.6. The van der Waals surface area contributed by atoms with Crippen LogP contribution in [0.15, 0.2) is 18.2 Å². The molecule has 1 aliphatic rings. The van der Waals surface area contributed by atoms with E-state index in [-0.39, 0.29) is 24.1 Å². The third-order valence-electron chi connectivity index (χ3n) is 4.14. The zero-order valence-corrected chi connectivity index (χ0v) is 15.0. The van der Waals surface area contributed by atoms with Crippen LogP contribution in [0.4, 0.5) is 4.79 Å². The number of imide groups is 1. The number of carbonyl (C=O) groups is 3. The summed E-state index contributed by atoms with van der Waals surface area (Å²) in [6.45, 7) is -0.355. The molecule has 2 rings (SSSR count). The molecule has 1 aromatic rings. The Labute approximate surface area is 152 Å². The molecule has 0 saturated heterocycles. The molecule has 0 spiro atoms. The Balaban J connectivity index is 1.84. The van der Waals surface area contributed by atoms with Gasteiger partial charge in [0.05, 0.1) is 19.8 Å². The van der Waals surface area contributed by atoms with Crippen molar-refractivity contribution in [3.63, 3.8) is 0 Å². The number of urea groups is 1. The van der Waals surface area contributed by atoms with Gasteiger partial charge in [-0.05, 0) is 31.0 Å². The van der Waals surface area contributed by atoms with Crippen molar-refractivity contribution in [2.75, 3.05) is 20.8 Å². The molecule has 0 aliphatic heterocycles. The first-order valence-corrected chi connectivity index (χ1v) is 8.53. The van der Waals surface area contributed by atoms with Gasteiger partial charge in [0.2, 0.25) is 0 Å². The van der Waals surface area contributed by atoms with Crippen molar-refractivity contribution in [2.45, 2.75) is 38.1 Å². The average Bonchev–Trinajstić information content (AvgIpc) is 2.66. The smallest absolute Gasteiger partial charge is 0.337 e. The molecule has 0 radical (unpaired) electrons. The molecule has 142 valence electrons. The quantitative estimate of drug-likeness (QED) is 0.749. The molecular formula is C18H24N2O6. The Hall–Kier alpha value is -2.77. The van der Waals surface area contributed by atoms with Crippen LogP contribution in [-0.2, 0) is 9.53 Å². The minimum Gasteiger partial charge on any atom is -0.493 e. The summed E-state index contributed by atoms with van der Waals surface area (Å²) in [5.74, 6) is -0.514. The van der Waals surface area contributed by atoms with E-state index in [0.717, 1.165) is 25.7 Å². The van der Waals surface area contributed by atoms with Gasteiger partial charge in [0.1, 0.15) is 0 Å². The van der Waals surface area contributed by atoms with Gasteiger partial charge in [0.15, 0.2) is 18.1 Å². The monoisotopic (exact) mass is 364 g/mol. The Kier molecular flexibility index (Phi) is 7.25. The molecule has 2 N–H and O–H groups in total. The lowest BCUT2D eigenvalue weighted by molar-refractivity contribution is -0.122. The normalized spacial score (nSPS) is 14.2. The standard InChI is InChI=1S/C18H24N2O6/c1-24-15-10-12(17(22)25-2)8-9-14(15)26-11-16(21)20-18(23)19-13-6-4-3-5-7-13/h8-10,13H,3-7,11H2,1-2H3,(H2,19,20,21,23). The maximum atomic E-state index is 11.9. The van der Waals surface area contributed by atoms with Crippen molar-refractivity contribution < 1.29 is 28.6 Å². The van der Waals surface area contributed by atoms with E-state index < -0.39 is 17.9 Å². The summed E-state index contributed by atoms with van der Waals surface area (Å²) in [7, 11) is 2.70. The lowest BCUT2D eigenvalue weighted by Crippen LogP contribution is -2.46. The van der Waals surface area contributed by atoms with E-state index >= 15 is 0 Å². The summed E-state index contributed by atoms with van der Waals surface area (Å²) in [5.41, 5.74) is 0.299. The maximum Gasteiger partial charge on any atom is 0.337 e. The molecule has 3 amide bonds. The Morgan fingerprint density at radius 3 is 2.46 bits per heavy atom. The number of esters is 1. The van der Waals surface area contributed by atoms with E-state index in [0.29, 0.717) is 5.56 Å². The summed E-state index contributed by atoms with van der Waals surface area (Å²) < 4.78 is 15.2. The van der Waals surface area contributed by atoms with Gasteiger partial charge in [-0.15, -0.1) is 0 Å². The highest BCUT2D eigenvalue weighted by Gasteiger charge is 2.18. The minimum atomic E-state index is -0.572. The molecule has 1 aliphatic carbocycles. The number of rotatable bonds is 6. The van der Waals surface area contributed by atoms with Crippen LogP contribution in [0.2, 0.25) is 0 Å². The van der Waals surface area contributed by atoms with E-state index in [1.165, 1.54) is 38.8 Å². The largest absolute Gasteiger partial charge is 0.493 e. The SMILES string of the molecule is COC(=O)c1ccc(OCC(=O)NC(=O)NC2CCCCC2)c(OC)c1. The fraction of sp³-hybridized carbons (Fsp3) is 0.500. The van der Waals surface area contributed by atoms with Gasteiger partial charge < -0.3 is 19.5 Å². The van der Waals surface area contributed by atoms with Gasteiger partial charge in [0, 0.05) is 6.04 Å². The van der Waals surface area contributed by atoms with Crippen molar-refractivity contribution in [1.29, 1.82) is 0 Å². The first-order valence-electron chi connectivity index (χ1n) is 8.53. The lowest BCUT2D eigenvalue weighted by Gasteiger charge is -2.22. The second kappa shape index (κ2) is 9.65. The summed E-state index contributed by atoms with van der Waals surface area (Å²) in [6.07, 6.45) is 5.22. The van der Waals surface area contributed by atoms with Crippen LogP contribution in [0.5, 0.6) is 11.5 Å². The van der Waals surface area contributed by atoms with Gasteiger partial charge in [-0.2, -0.15) is 0 Å². The number of hydrogen-bond acceptors (Lipinski definition) is 6. The molecule has 0 unspecified atom stereocenters. The number of nitrogens with one attached hydrogen (secondary N) is 2. The minimum absolute atomic E-state index is 0.114. The van der Waals surface area contributed by atoms with E-state index in [9.17, 15) is 14.4 Å². The number of methoxy groups -OCH3 is 2. The van der Waals surface area contributed by atoms with Crippen molar-refractivity contribution >= 4 is 17.9 Å². The van der Waals surface area contributed by atoms with E-state index in [1.807, 2.05) is 0 Å². The third kappa shape index (κ3) is 5.65. The Morgan fingerprint density at radius 2 is 1.81 bits per heavy atom. The number of amides is 3. The van der Waals surface area contributed by atoms with Gasteiger partial charge in [-0.25, -0.2) is 9.59 Å². The van der Waals surface area contributed by atoms with Crippen LogP contribution in [0.25, 0.3) is 0 Å². The van der Waals surface area contributed by atoms with Crippen molar-refractivity contribution in [1.82, 2.24) is 10.6 Å². The number of carbonyl (C=O) groups excluding carboxylic acids is 3. The molecule has 0 aromatic heterocycles. The van der Waals surface area contributed by atoms with Gasteiger partial charge >= 0.3 is 12.0 Å². The molecule has 0 heterocycles. The summed E-state index contributed by atoms with van der Waals surface area (Å²) in [4.78, 5) is 35.2. The first-order chi connectivity index (χ1) is 12.5. The topological polar surface area (TPSA) is 103 Å². The molecule has 8 heteroatoms. The molecule has 0 bridgehead atoms. The maximum absolute atomic E-state index is 11.9. The van der Waals surface area contributed by atoms with E-state index in [1.54, 1.807) is 0 Å². The molecule has 1 fully saturated rings.